The number of carbonyl (C=O) groups is 1. The van der Waals surface area contributed by atoms with Crippen molar-refractivity contribution in [3.05, 3.63) is 46.2 Å². The molecule has 0 bridgehead atoms. The summed E-state index contributed by atoms with van der Waals surface area (Å²) in [5, 5.41) is 5.08. The van der Waals surface area contributed by atoms with Gasteiger partial charge in [-0.15, -0.1) is 11.3 Å². The first-order valence-electron chi connectivity index (χ1n) is 7.47. The first-order chi connectivity index (χ1) is 10.7. The summed E-state index contributed by atoms with van der Waals surface area (Å²) in [5.41, 5.74) is 7.50. The number of rotatable bonds is 6. The van der Waals surface area contributed by atoms with Crippen LogP contribution in [0.15, 0.2) is 35.7 Å². The van der Waals surface area contributed by atoms with Crippen LogP contribution in [0.5, 0.6) is 5.75 Å². The summed E-state index contributed by atoms with van der Waals surface area (Å²) in [6.07, 6.45) is 0.949. The van der Waals surface area contributed by atoms with Crippen molar-refractivity contribution in [2.24, 2.45) is 11.7 Å². The summed E-state index contributed by atoms with van der Waals surface area (Å²) in [4.78, 5) is 13.6. The van der Waals surface area contributed by atoms with Gasteiger partial charge in [-0.1, -0.05) is 0 Å². The monoisotopic (exact) mass is 316 g/mol. The molecule has 0 spiro atoms. The first kappa shape index (κ1) is 15.1. The van der Waals surface area contributed by atoms with E-state index in [2.05, 4.69) is 23.7 Å². The fraction of sp³-hybridized carbons (Fsp3) is 0.353. The van der Waals surface area contributed by atoms with Crippen LogP contribution in [0.3, 0.4) is 0 Å². The van der Waals surface area contributed by atoms with Crippen LogP contribution in [0.2, 0.25) is 0 Å². The molecule has 3 rings (SSSR count). The maximum atomic E-state index is 12.3. The summed E-state index contributed by atoms with van der Waals surface area (Å²) < 4.78 is 5.42. The van der Waals surface area contributed by atoms with Crippen molar-refractivity contribution < 1.29 is 9.53 Å². The Morgan fingerprint density at radius 2 is 2.14 bits per heavy atom. The van der Waals surface area contributed by atoms with Gasteiger partial charge in [0.2, 0.25) is 5.91 Å². The Kier molecular flexibility index (Phi) is 4.45. The van der Waals surface area contributed by atoms with Crippen LogP contribution >= 0.6 is 11.3 Å². The lowest BCUT2D eigenvalue weighted by atomic mass is 10.2. The van der Waals surface area contributed by atoms with Crippen molar-refractivity contribution in [2.75, 3.05) is 18.5 Å². The molecular weight excluding hydrogens is 296 g/mol. The molecule has 0 radical (unpaired) electrons. The summed E-state index contributed by atoms with van der Waals surface area (Å²) in [5.74, 6) is 1.37. The summed E-state index contributed by atoms with van der Waals surface area (Å²) in [6, 6.07) is 9.53. The van der Waals surface area contributed by atoms with E-state index in [1.54, 1.807) is 11.3 Å². The highest BCUT2D eigenvalue weighted by Crippen LogP contribution is 2.50. The van der Waals surface area contributed by atoms with Crippen LogP contribution in [0.4, 0.5) is 5.69 Å². The van der Waals surface area contributed by atoms with E-state index in [4.69, 9.17) is 10.5 Å². The summed E-state index contributed by atoms with van der Waals surface area (Å²) >= 11 is 1.75. The molecule has 1 amide bonds. The lowest BCUT2D eigenvalue weighted by Gasteiger charge is -2.07. The van der Waals surface area contributed by atoms with Gasteiger partial charge in [0.05, 0.1) is 0 Å². The highest BCUT2D eigenvalue weighted by Gasteiger charge is 2.45. The van der Waals surface area contributed by atoms with Gasteiger partial charge in [0.25, 0.3) is 0 Å². The number of thiophene rings is 1. The second-order valence-electron chi connectivity index (χ2n) is 5.57. The Balaban J connectivity index is 1.55. The zero-order valence-electron chi connectivity index (χ0n) is 12.5. The topological polar surface area (TPSA) is 64.3 Å². The largest absolute Gasteiger partial charge is 0.492 e. The highest BCUT2D eigenvalue weighted by molar-refractivity contribution is 7.10. The van der Waals surface area contributed by atoms with Crippen molar-refractivity contribution in [3.8, 4) is 5.75 Å². The Morgan fingerprint density at radius 3 is 2.77 bits per heavy atom. The number of amides is 1. The second-order valence-corrected chi connectivity index (χ2v) is 6.52. The number of nitrogens with two attached hydrogens (primary N) is 1. The highest BCUT2D eigenvalue weighted by atomic mass is 32.1. The van der Waals surface area contributed by atoms with Gasteiger partial charge in [-0.3, -0.25) is 4.79 Å². The molecule has 5 heteroatoms. The van der Waals surface area contributed by atoms with Gasteiger partial charge in [0.15, 0.2) is 0 Å². The van der Waals surface area contributed by atoms with E-state index >= 15 is 0 Å². The fourth-order valence-electron chi connectivity index (χ4n) is 2.59. The van der Waals surface area contributed by atoms with Crippen LogP contribution in [0.1, 0.15) is 22.8 Å². The molecule has 1 aliphatic carbocycles. The van der Waals surface area contributed by atoms with Crippen LogP contribution in [0, 0.1) is 12.8 Å². The normalized spacial score (nSPS) is 19.7. The molecule has 1 saturated carbocycles. The SMILES string of the molecule is Cc1ccsc1C1CC1C(=O)Nc1ccc(OCCN)cc1. The lowest BCUT2D eigenvalue weighted by molar-refractivity contribution is -0.117. The van der Waals surface area contributed by atoms with Gasteiger partial charge in [0, 0.05) is 28.9 Å². The minimum Gasteiger partial charge on any atom is -0.492 e. The third-order valence-corrected chi connectivity index (χ3v) is 5.02. The summed E-state index contributed by atoms with van der Waals surface area (Å²) in [7, 11) is 0. The Morgan fingerprint density at radius 1 is 1.36 bits per heavy atom. The first-order valence-corrected chi connectivity index (χ1v) is 8.35. The van der Waals surface area contributed by atoms with E-state index in [1.165, 1.54) is 10.4 Å². The molecule has 116 valence electrons. The Bertz CT molecular complexity index is 651. The molecule has 0 saturated heterocycles. The zero-order chi connectivity index (χ0) is 15.5. The second kappa shape index (κ2) is 6.50. The van der Waals surface area contributed by atoms with E-state index in [9.17, 15) is 4.79 Å². The maximum Gasteiger partial charge on any atom is 0.228 e. The van der Waals surface area contributed by atoms with E-state index < -0.39 is 0 Å². The van der Waals surface area contributed by atoms with Crippen molar-refractivity contribution in [2.45, 2.75) is 19.3 Å². The molecule has 1 heterocycles. The van der Waals surface area contributed by atoms with Gasteiger partial charge in [-0.05, 0) is 54.6 Å². The third-order valence-electron chi connectivity index (χ3n) is 3.87. The van der Waals surface area contributed by atoms with Gasteiger partial charge in [-0.2, -0.15) is 0 Å². The molecule has 1 aromatic carbocycles. The summed E-state index contributed by atoms with van der Waals surface area (Å²) in [6.45, 7) is 3.10. The van der Waals surface area contributed by atoms with Crippen molar-refractivity contribution in [1.82, 2.24) is 0 Å². The number of hydrogen-bond acceptors (Lipinski definition) is 4. The van der Waals surface area contributed by atoms with Gasteiger partial charge >= 0.3 is 0 Å². The van der Waals surface area contributed by atoms with Crippen LogP contribution in [0.25, 0.3) is 0 Å². The minimum atomic E-state index is 0.102. The number of ether oxygens (including phenoxy) is 1. The number of hydrogen-bond donors (Lipinski definition) is 2. The quantitative estimate of drug-likeness (QED) is 0.860. The number of benzene rings is 1. The zero-order valence-corrected chi connectivity index (χ0v) is 13.4. The fourth-order valence-corrected chi connectivity index (χ4v) is 3.69. The minimum absolute atomic E-state index is 0.102. The van der Waals surface area contributed by atoms with Gasteiger partial charge < -0.3 is 15.8 Å². The van der Waals surface area contributed by atoms with Crippen LogP contribution in [-0.2, 0) is 4.79 Å². The molecule has 1 aliphatic rings. The molecule has 0 aliphatic heterocycles. The van der Waals surface area contributed by atoms with Gasteiger partial charge in [-0.25, -0.2) is 0 Å². The number of carbonyl (C=O) groups excluding carboxylic acids is 1. The molecule has 22 heavy (non-hydrogen) atoms. The van der Waals surface area contributed by atoms with E-state index in [0.717, 1.165) is 17.9 Å². The molecule has 2 unspecified atom stereocenters. The van der Waals surface area contributed by atoms with Crippen LogP contribution in [-0.4, -0.2) is 19.1 Å². The van der Waals surface area contributed by atoms with E-state index in [1.807, 2.05) is 24.3 Å². The predicted octanol–water partition coefficient (Wildman–Crippen LogP) is 3.14. The Labute approximate surface area is 134 Å². The average Bonchev–Trinajstić information content (AvgIpc) is 3.21. The maximum absolute atomic E-state index is 12.3. The molecule has 1 fully saturated rings. The molecule has 2 atom stereocenters. The molecule has 1 aromatic heterocycles. The molecule has 3 N–H and O–H groups in total. The van der Waals surface area contributed by atoms with E-state index in [0.29, 0.717) is 19.1 Å². The predicted molar refractivity (Wildman–Crippen MR) is 89.5 cm³/mol. The van der Waals surface area contributed by atoms with Crippen molar-refractivity contribution in [3.63, 3.8) is 0 Å². The standard InChI is InChI=1S/C17H20N2O2S/c1-11-6-9-22-16(11)14-10-15(14)17(20)19-12-2-4-13(5-3-12)21-8-7-18/h2-6,9,14-15H,7-8,10,18H2,1H3,(H,19,20). The Hall–Kier alpha value is -1.85. The average molecular weight is 316 g/mol. The third kappa shape index (κ3) is 3.31. The molecular formula is C17H20N2O2S. The van der Waals surface area contributed by atoms with Crippen LogP contribution < -0.4 is 15.8 Å². The van der Waals surface area contributed by atoms with Gasteiger partial charge in [0.1, 0.15) is 12.4 Å². The number of aryl methyl sites for hydroxylation is 1. The number of anilines is 1. The molecule has 4 nitrogen and oxygen atoms in total. The molecule has 2 aromatic rings. The van der Waals surface area contributed by atoms with Crippen molar-refractivity contribution in [1.29, 1.82) is 0 Å². The van der Waals surface area contributed by atoms with E-state index in [-0.39, 0.29) is 11.8 Å². The van der Waals surface area contributed by atoms with Crippen molar-refractivity contribution >= 4 is 22.9 Å². The number of nitrogens with one attached hydrogen (secondary N) is 1. The lowest BCUT2D eigenvalue weighted by Crippen LogP contribution is -2.14. The smallest absolute Gasteiger partial charge is 0.228 e.